The van der Waals surface area contributed by atoms with Gasteiger partial charge in [-0.1, -0.05) is 18.2 Å². The number of para-hydroxylation sites is 1. The lowest BCUT2D eigenvalue weighted by Gasteiger charge is -2.16. The van der Waals surface area contributed by atoms with Crippen LogP contribution in [0.15, 0.2) is 85.1 Å². The number of benzene rings is 3. The van der Waals surface area contributed by atoms with Crippen molar-refractivity contribution in [3.05, 3.63) is 101 Å². The number of nitro benzene ring substituents is 1. The van der Waals surface area contributed by atoms with E-state index in [9.17, 15) is 15.2 Å². The molecule has 11 heteroatoms. The topological polar surface area (TPSA) is 138 Å². The van der Waals surface area contributed by atoms with E-state index in [0.717, 1.165) is 22.6 Å². The quantitative estimate of drug-likeness (QED) is 0.141. The number of rotatable bonds is 13. The monoisotopic (exact) mass is 529 g/mol. The van der Waals surface area contributed by atoms with Gasteiger partial charge in [0.1, 0.15) is 24.3 Å². The molecule has 4 N–H and O–H groups in total. The van der Waals surface area contributed by atoms with Gasteiger partial charge < -0.3 is 30.7 Å². The molecule has 39 heavy (non-hydrogen) atoms. The van der Waals surface area contributed by atoms with Gasteiger partial charge in [0.05, 0.1) is 4.92 Å². The van der Waals surface area contributed by atoms with Gasteiger partial charge in [-0.25, -0.2) is 4.98 Å². The van der Waals surface area contributed by atoms with Crippen molar-refractivity contribution in [1.82, 2.24) is 14.9 Å². The summed E-state index contributed by atoms with van der Waals surface area (Å²) >= 11 is 0. The normalized spacial score (nSPS) is 11.6. The van der Waals surface area contributed by atoms with Crippen LogP contribution in [0.25, 0.3) is 0 Å². The van der Waals surface area contributed by atoms with E-state index in [4.69, 9.17) is 9.72 Å². The van der Waals surface area contributed by atoms with Gasteiger partial charge in [-0.2, -0.15) is 4.98 Å². The first-order valence-corrected chi connectivity index (χ1v) is 12.3. The molecule has 3 aromatic carbocycles. The second-order valence-electron chi connectivity index (χ2n) is 9.09. The summed E-state index contributed by atoms with van der Waals surface area (Å²) in [5.74, 6) is 1.67. The van der Waals surface area contributed by atoms with Gasteiger partial charge in [0.25, 0.3) is 5.69 Å². The predicted octanol–water partition coefficient (Wildman–Crippen LogP) is 4.79. The molecule has 0 fully saturated rings. The van der Waals surface area contributed by atoms with E-state index in [2.05, 4.69) is 20.9 Å². The minimum atomic E-state index is -0.574. The van der Waals surface area contributed by atoms with E-state index in [1.54, 1.807) is 18.3 Å². The number of hydrogen-bond acceptors (Lipinski definition) is 10. The number of nitrogens with zero attached hydrogens (tertiary/aromatic N) is 4. The number of aliphatic hydroxyl groups is 1. The molecule has 1 heterocycles. The van der Waals surface area contributed by atoms with Crippen LogP contribution in [0, 0.1) is 10.1 Å². The van der Waals surface area contributed by atoms with E-state index >= 15 is 0 Å². The first-order valence-electron chi connectivity index (χ1n) is 12.3. The third kappa shape index (κ3) is 8.38. The van der Waals surface area contributed by atoms with Crippen LogP contribution in [0.4, 0.5) is 34.5 Å². The molecule has 11 nitrogen and oxygen atoms in total. The van der Waals surface area contributed by atoms with Crippen molar-refractivity contribution in [1.29, 1.82) is 0 Å². The highest BCUT2D eigenvalue weighted by molar-refractivity contribution is 5.63. The van der Waals surface area contributed by atoms with Gasteiger partial charge >= 0.3 is 0 Å². The van der Waals surface area contributed by atoms with Gasteiger partial charge in [-0.3, -0.25) is 10.1 Å². The lowest BCUT2D eigenvalue weighted by atomic mass is 10.2. The van der Waals surface area contributed by atoms with Crippen LogP contribution in [0.1, 0.15) is 5.56 Å². The van der Waals surface area contributed by atoms with Crippen molar-refractivity contribution in [2.45, 2.75) is 12.6 Å². The molecular weight excluding hydrogens is 498 g/mol. The Morgan fingerprint density at radius 1 is 0.949 bits per heavy atom. The Morgan fingerprint density at radius 3 is 2.28 bits per heavy atom. The summed E-state index contributed by atoms with van der Waals surface area (Å²) < 4.78 is 5.67. The molecule has 1 atom stereocenters. The van der Waals surface area contributed by atoms with Crippen LogP contribution in [0.2, 0.25) is 0 Å². The smallest absolute Gasteiger partial charge is 0.269 e. The van der Waals surface area contributed by atoms with Gasteiger partial charge in [-0.05, 0) is 62.6 Å². The summed E-state index contributed by atoms with van der Waals surface area (Å²) in [7, 11) is 3.79. The first-order chi connectivity index (χ1) is 18.9. The third-order valence-corrected chi connectivity index (χ3v) is 5.59. The Labute approximate surface area is 226 Å². The second-order valence-corrected chi connectivity index (χ2v) is 9.09. The Bertz CT molecular complexity index is 1350. The summed E-state index contributed by atoms with van der Waals surface area (Å²) in [6.45, 7) is 1.13. The fourth-order valence-electron chi connectivity index (χ4n) is 3.69. The average Bonchev–Trinajstić information content (AvgIpc) is 2.93. The van der Waals surface area contributed by atoms with Crippen LogP contribution >= 0.6 is 0 Å². The summed E-state index contributed by atoms with van der Waals surface area (Å²) in [6, 6.07) is 23.3. The lowest BCUT2D eigenvalue weighted by molar-refractivity contribution is -0.384. The molecule has 0 aliphatic rings. The van der Waals surface area contributed by atoms with Gasteiger partial charge in [-0.15, -0.1) is 0 Å². The summed E-state index contributed by atoms with van der Waals surface area (Å²) in [4.78, 5) is 21.6. The molecule has 4 rings (SSSR count). The molecule has 4 aromatic rings. The maximum absolute atomic E-state index is 10.9. The van der Waals surface area contributed by atoms with Crippen LogP contribution in [0.5, 0.6) is 5.75 Å². The number of nitrogens with one attached hydrogen (secondary N) is 3. The minimum Gasteiger partial charge on any atom is -0.491 e. The number of likely N-dealkylation sites (N-methyl/N-ethyl adjacent to an activating group) is 1. The van der Waals surface area contributed by atoms with E-state index in [1.165, 1.54) is 12.1 Å². The SMILES string of the molecule is CN(C)CC(O)COc1ccc(Nc2ncc(CNc3ccc([N+](=O)[O-])cc3)c(Nc3ccccc3)n2)cc1. The molecule has 0 radical (unpaired) electrons. The molecule has 202 valence electrons. The molecule has 0 saturated heterocycles. The van der Waals surface area contributed by atoms with Crippen LogP contribution in [0.3, 0.4) is 0 Å². The zero-order valence-electron chi connectivity index (χ0n) is 21.7. The summed E-state index contributed by atoms with van der Waals surface area (Å²) in [5, 5.41) is 30.7. The van der Waals surface area contributed by atoms with E-state index in [0.29, 0.717) is 30.6 Å². The molecule has 0 spiro atoms. The highest BCUT2D eigenvalue weighted by Gasteiger charge is 2.11. The summed E-state index contributed by atoms with van der Waals surface area (Å²) in [6.07, 6.45) is 1.15. The zero-order chi connectivity index (χ0) is 27.6. The van der Waals surface area contributed by atoms with Crippen LogP contribution < -0.4 is 20.7 Å². The highest BCUT2D eigenvalue weighted by Crippen LogP contribution is 2.24. The highest BCUT2D eigenvalue weighted by atomic mass is 16.6. The van der Waals surface area contributed by atoms with Gasteiger partial charge in [0, 0.05) is 54.0 Å². The van der Waals surface area contributed by atoms with Crippen molar-refractivity contribution >= 4 is 34.5 Å². The number of anilines is 5. The number of ether oxygens (including phenoxy) is 1. The maximum Gasteiger partial charge on any atom is 0.269 e. The molecule has 0 aliphatic carbocycles. The number of non-ortho nitro benzene ring substituents is 1. The van der Waals surface area contributed by atoms with Crippen molar-refractivity contribution < 1.29 is 14.8 Å². The number of aromatic nitrogens is 2. The molecule has 0 bridgehead atoms. The lowest BCUT2D eigenvalue weighted by Crippen LogP contribution is -2.30. The van der Waals surface area contributed by atoms with E-state index in [-0.39, 0.29) is 12.3 Å². The minimum absolute atomic E-state index is 0.0345. The van der Waals surface area contributed by atoms with E-state index in [1.807, 2.05) is 73.6 Å². The maximum atomic E-state index is 10.9. The zero-order valence-corrected chi connectivity index (χ0v) is 21.7. The number of hydrogen-bond donors (Lipinski definition) is 4. The fourth-order valence-corrected chi connectivity index (χ4v) is 3.69. The molecule has 1 aromatic heterocycles. The Balaban J connectivity index is 1.44. The van der Waals surface area contributed by atoms with Crippen molar-refractivity contribution in [2.24, 2.45) is 0 Å². The number of aliphatic hydroxyl groups excluding tert-OH is 1. The second kappa shape index (κ2) is 13.2. The molecule has 0 aliphatic heterocycles. The summed E-state index contributed by atoms with van der Waals surface area (Å²) in [5.41, 5.74) is 3.23. The Hall–Kier alpha value is -4.74. The molecule has 0 saturated carbocycles. The van der Waals surface area contributed by atoms with Gasteiger partial charge in [0.2, 0.25) is 5.95 Å². The van der Waals surface area contributed by atoms with Crippen LogP contribution in [-0.4, -0.2) is 58.2 Å². The molecule has 1 unspecified atom stereocenters. The Kier molecular flexibility index (Phi) is 9.22. The molecular formula is C28H31N7O4. The first kappa shape index (κ1) is 27.3. The number of nitro groups is 1. The fraction of sp³-hybridized carbons (Fsp3) is 0.214. The third-order valence-electron chi connectivity index (χ3n) is 5.59. The van der Waals surface area contributed by atoms with Crippen molar-refractivity contribution in [3.63, 3.8) is 0 Å². The van der Waals surface area contributed by atoms with Crippen molar-refractivity contribution in [3.8, 4) is 5.75 Å². The predicted molar refractivity (Wildman–Crippen MR) is 152 cm³/mol. The average molecular weight is 530 g/mol. The Morgan fingerprint density at radius 2 is 1.62 bits per heavy atom. The standard InChI is InChI=1S/C28H31N7O4/c1-34(2)18-25(36)19-39-26-14-10-23(11-15-26)32-28-30-17-20(27(33-28)31-22-6-4-3-5-7-22)16-29-21-8-12-24(13-9-21)35(37)38/h3-15,17,25,29,36H,16,18-19H2,1-2H3,(H2,30,31,32,33). The molecule has 0 amide bonds. The van der Waals surface area contributed by atoms with E-state index < -0.39 is 11.0 Å². The largest absolute Gasteiger partial charge is 0.491 e. The van der Waals surface area contributed by atoms with Crippen LogP contribution in [-0.2, 0) is 6.54 Å². The van der Waals surface area contributed by atoms with Crippen molar-refractivity contribution in [2.75, 3.05) is 43.2 Å². The van der Waals surface area contributed by atoms with Gasteiger partial charge in [0.15, 0.2) is 0 Å².